The highest BCUT2D eigenvalue weighted by atomic mass is 31.2. The van der Waals surface area contributed by atoms with Crippen molar-refractivity contribution in [2.75, 3.05) is 54.2 Å². The van der Waals surface area contributed by atoms with Gasteiger partial charge in [0.25, 0.3) is 0 Å². The number of amides is 1. The predicted molar refractivity (Wildman–Crippen MR) is 94.8 cm³/mol. The van der Waals surface area contributed by atoms with E-state index in [9.17, 15) is 4.79 Å². The SMILES string of the molecule is COP(OC)OCC(C)(C)COCC(C)(C)OCCN(C)C(C)=O. The van der Waals surface area contributed by atoms with Gasteiger partial charge in [-0.15, -0.1) is 0 Å². The second-order valence-electron chi connectivity index (χ2n) is 7.07. The molecule has 0 radical (unpaired) electrons. The predicted octanol–water partition coefficient (Wildman–Crippen LogP) is 2.84. The van der Waals surface area contributed by atoms with Crippen LogP contribution in [0.4, 0.5) is 0 Å². The molecule has 0 aliphatic heterocycles. The Balaban J connectivity index is 4.06. The van der Waals surface area contributed by atoms with Crippen molar-refractivity contribution in [3.8, 4) is 0 Å². The zero-order valence-corrected chi connectivity index (χ0v) is 17.3. The maximum absolute atomic E-state index is 11.2. The van der Waals surface area contributed by atoms with Gasteiger partial charge in [0.15, 0.2) is 0 Å². The minimum Gasteiger partial charge on any atom is -0.378 e. The van der Waals surface area contributed by atoms with E-state index in [1.807, 2.05) is 13.8 Å². The van der Waals surface area contributed by atoms with E-state index in [4.69, 9.17) is 23.0 Å². The van der Waals surface area contributed by atoms with Crippen molar-refractivity contribution in [3.63, 3.8) is 0 Å². The van der Waals surface area contributed by atoms with E-state index in [1.54, 1.807) is 26.2 Å². The van der Waals surface area contributed by atoms with Crippen LogP contribution >= 0.6 is 8.60 Å². The van der Waals surface area contributed by atoms with Crippen molar-refractivity contribution in [1.29, 1.82) is 0 Å². The van der Waals surface area contributed by atoms with Crippen molar-refractivity contribution < 1.29 is 27.8 Å². The molecule has 0 saturated heterocycles. The van der Waals surface area contributed by atoms with Gasteiger partial charge in [0, 0.05) is 40.2 Å². The maximum atomic E-state index is 11.2. The van der Waals surface area contributed by atoms with Gasteiger partial charge in [-0.2, -0.15) is 0 Å². The molecule has 0 atom stereocenters. The molecule has 0 aliphatic rings. The highest BCUT2D eigenvalue weighted by Crippen LogP contribution is 2.39. The molecular formula is C16H34NO6P. The molecule has 0 saturated carbocycles. The van der Waals surface area contributed by atoms with Gasteiger partial charge in [0.05, 0.1) is 32.0 Å². The van der Waals surface area contributed by atoms with Crippen molar-refractivity contribution in [1.82, 2.24) is 4.90 Å². The highest BCUT2D eigenvalue weighted by molar-refractivity contribution is 7.41. The standard InChI is InChI=1S/C16H34NO6P/c1-14(18)17(6)9-10-22-16(4,5)13-21-11-15(2,3)12-23-24(19-7)20-8/h9-13H2,1-8H3. The topological polar surface area (TPSA) is 66.5 Å². The summed E-state index contributed by atoms with van der Waals surface area (Å²) in [5, 5.41) is 0. The molecule has 144 valence electrons. The van der Waals surface area contributed by atoms with Gasteiger partial charge in [-0.05, 0) is 13.8 Å². The van der Waals surface area contributed by atoms with Crippen molar-refractivity contribution in [2.45, 2.75) is 40.2 Å². The molecule has 0 bridgehead atoms. The molecule has 0 heterocycles. The van der Waals surface area contributed by atoms with E-state index in [2.05, 4.69) is 13.8 Å². The summed E-state index contributed by atoms with van der Waals surface area (Å²) in [6.07, 6.45) is 0. The molecular weight excluding hydrogens is 333 g/mol. The molecule has 0 spiro atoms. The van der Waals surface area contributed by atoms with Crippen LogP contribution in [-0.4, -0.2) is 70.6 Å². The Morgan fingerprint density at radius 2 is 1.62 bits per heavy atom. The molecule has 1 amide bonds. The smallest absolute Gasteiger partial charge is 0.332 e. The van der Waals surface area contributed by atoms with Gasteiger partial charge >= 0.3 is 8.60 Å². The van der Waals surface area contributed by atoms with Crippen LogP contribution in [0.15, 0.2) is 0 Å². The van der Waals surface area contributed by atoms with Crippen LogP contribution in [0.2, 0.25) is 0 Å². The van der Waals surface area contributed by atoms with Gasteiger partial charge < -0.3 is 27.9 Å². The van der Waals surface area contributed by atoms with Crippen LogP contribution in [0.3, 0.4) is 0 Å². The van der Waals surface area contributed by atoms with E-state index < -0.39 is 14.2 Å². The fraction of sp³-hybridized carbons (Fsp3) is 0.938. The van der Waals surface area contributed by atoms with Crippen LogP contribution in [0.1, 0.15) is 34.6 Å². The molecule has 7 nitrogen and oxygen atoms in total. The lowest BCUT2D eigenvalue weighted by Crippen LogP contribution is -2.37. The lowest BCUT2D eigenvalue weighted by Gasteiger charge is -2.30. The minimum atomic E-state index is -1.29. The van der Waals surface area contributed by atoms with E-state index in [0.717, 1.165) is 0 Å². The molecule has 0 aromatic heterocycles. The zero-order valence-electron chi connectivity index (χ0n) is 16.4. The summed E-state index contributed by atoms with van der Waals surface area (Å²) in [7, 11) is 3.58. The Kier molecular flexibility index (Phi) is 11.2. The quantitative estimate of drug-likeness (QED) is 0.467. The molecule has 0 aliphatic carbocycles. The van der Waals surface area contributed by atoms with Gasteiger partial charge in [0.2, 0.25) is 5.91 Å². The van der Waals surface area contributed by atoms with Crippen LogP contribution < -0.4 is 0 Å². The summed E-state index contributed by atoms with van der Waals surface area (Å²) in [5.74, 6) is 0.0292. The van der Waals surface area contributed by atoms with E-state index in [1.165, 1.54) is 6.92 Å². The van der Waals surface area contributed by atoms with E-state index in [-0.39, 0.29) is 11.3 Å². The number of hydrogen-bond acceptors (Lipinski definition) is 6. The Hall–Kier alpha value is -0.300. The normalized spacial score (nSPS) is 12.7. The number of likely N-dealkylation sites (N-methyl/N-ethyl adjacent to an activating group) is 1. The largest absolute Gasteiger partial charge is 0.378 e. The number of ether oxygens (including phenoxy) is 2. The van der Waals surface area contributed by atoms with Gasteiger partial charge in [-0.25, -0.2) is 0 Å². The number of nitrogens with zero attached hydrogens (tertiary/aromatic N) is 1. The number of rotatable bonds is 13. The second kappa shape index (κ2) is 11.3. The summed E-state index contributed by atoms with van der Waals surface area (Å²) in [6.45, 7) is 12.1. The summed E-state index contributed by atoms with van der Waals surface area (Å²) in [5.41, 5.74) is -0.581. The molecule has 0 aromatic carbocycles. The van der Waals surface area contributed by atoms with Crippen LogP contribution in [0.5, 0.6) is 0 Å². The first kappa shape index (κ1) is 23.7. The third kappa shape index (κ3) is 11.3. The Labute approximate surface area is 147 Å². The molecule has 0 fully saturated rings. The monoisotopic (exact) mass is 367 g/mol. The van der Waals surface area contributed by atoms with Gasteiger partial charge in [-0.3, -0.25) is 4.79 Å². The lowest BCUT2D eigenvalue weighted by atomic mass is 9.96. The molecule has 0 unspecified atom stereocenters. The Morgan fingerprint density at radius 1 is 1.04 bits per heavy atom. The first-order chi connectivity index (χ1) is 11.0. The average Bonchev–Trinajstić information content (AvgIpc) is 2.47. The highest BCUT2D eigenvalue weighted by Gasteiger charge is 2.25. The van der Waals surface area contributed by atoms with Crippen LogP contribution in [0.25, 0.3) is 0 Å². The summed E-state index contributed by atoms with van der Waals surface area (Å²) < 4.78 is 27.3. The first-order valence-electron chi connectivity index (χ1n) is 7.97. The molecule has 0 N–H and O–H groups in total. The van der Waals surface area contributed by atoms with E-state index >= 15 is 0 Å². The van der Waals surface area contributed by atoms with Crippen molar-refractivity contribution in [3.05, 3.63) is 0 Å². The van der Waals surface area contributed by atoms with Crippen LogP contribution in [-0.2, 0) is 27.8 Å². The van der Waals surface area contributed by atoms with Crippen molar-refractivity contribution in [2.24, 2.45) is 5.41 Å². The molecule has 0 aromatic rings. The average molecular weight is 367 g/mol. The van der Waals surface area contributed by atoms with Crippen LogP contribution in [0, 0.1) is 5.41 Å². The maximum Gasteiger partial charge on any atom is 0.332 e. The fourth-order valence-corrected chi connectivity index (χ4v) is 2.49. The van der Waals surface area contributed by atoms with Crippen molar-refractivity contribution >= 4 is 14.5 Å². The molecule has 0 rings (SSSR count). The Morgan fingerprint density at radius 3 is 2.12 bits per heavy atom. The zero-order chi connectivity index (χ0) is 18.8. The summed E-state index contributed by atoms with van der Waals surface area (Å²) in [4.78, 5) is 12.8. The van der Waals surface area contributed by atoms with E-state index in [0.29, 0.717) is 33.0 Å². The molecule has 8 heteroatoms. The number of carbonyl (C=O) groups excluding carboxylic acids is 1. The first-order valence-corrected chi connectivity index (χ1v) is 9.07. The Bertz CT molecular complexity index is 360. The van der Waals surface area contributed by atoms with Gasteiger partial charge in [0.1, 0.15) is 0 Å². The number of carbonyl (C=O) groups is 1. The fourth-order valence-electron chi connectivity index (χ4n) is 1.68. The molecule has 24 heavy (non-hydrogen) atoms. The van der Waals surface area contributed by atoms with Gasteiger partial charge in [-0.1, -0.05) is 13.8 Å². The lowest BCUT2D eigenvalue weighted by molar-refractivity contribution is -0.130. The number of hydrogen-bond donors (Lipinski definition) is 0. The third-order valence-corrected chi connectivity index (χ3v) is 4.19. The third-order valence-electron chi connectivity index (χ3n) is 3.26. The summed E-state index contributed by atoms with van der Waals surface area (Å²) >= 11 is 0. The second-order valence-corrected chi connectivity index (χ2v) is 8.50. The minimum absolute atomic E-state index is 0.0292. The summed E-state index contributed by atoms with van der Waals surface area (Å²) in [6, 6.07) is 0.